The summed E-state index contributed by atoms with van der Waals surface area (Å²) >= 11 is 0. The molecule has 0 saturated heterocycles. The van der Waals surface area contributed by atoms with Crippen molar-refractivity contribution in [2.45, 2.75) is 4.90 Å². The van der Waals surface area contributed by atoms with Crippen LogP contribution in [0.4, 0.5) is 17.6 Å². The fourth-order valence-corrected chi connectivity index (χ4v) is 3.74. The summed E-state index contributed by atoms with van der Waals surface area (Å²) in [7, 11) is -4.67. The lowest BCUT2D eigenvalue weighted by Crippen LogP contribution is -2.37. The Morgan fingerprint density at radius 3 is 2.21 bits per heavy atom. The van der Waals surface area contributed by atoms with Gasteiger partial charge in [0.25, 0.3) is 21.8 Å². The molecule has 0 saturated carbocycles. The summed E-state index contributed by atoms with van der Waals surface area (Å²) in [6.45, 7) is 0. The van der Waals surface area contributed by atoms with Gasteiger partial charge in [0.15, 0.2) is 23.3 Å². The number of amides is 2. The Morgan fingerprint density at radius 1 is 0.958 bits per heavy atom. The molecule has 5 nitrogen and oxygen atoms in total. The smallest absolute Gasteiger partial charge is 0.267 e. The monoisotopic (exact) mass is 359 g/mol. The van der Waals surface area contributed by atoms with E-state index in [9.17, 15) is 35.6 Å². The van der Waals surface area contributed by atoms with Gasteiger partial charge in [0.1, 0.15) is 4.90 Å². The number of hydrogen-bond donors (Lipinski definition) is 0. The summed E-state index contributed by atoms with van der Waals surface area (Å²) in [6, 6.07) is 4.76. The molecule has 1 heterocycles. The summed E-state index contributed by atoms with van der Waals surface area (Å²) in [5.41, 5.74) is -1.77. The first-order chi connectivity index (χ1) is 11.2. The summed E-state index contributed by atoms with van der Waals surface area (Å²) in [5, 5.41) is 0. The third-order valence-corrected chi connectivity index (χ3v) is 5.06. The molecule has 124 valence electrons. The Bertz CT molecular complexity index is 1020. The van der Waals surface area contributed by atoms with Crippen LogP contribution in [0.5, 0.6) is 0 Å². The van der Waals surface area contributed by atoms with E-state index in [0.29, 0.717) is 0 Å². The van der Waals surface area contributed by atoms with Gasteiger partial charge in [0, 0.05) is 0 Å². The summed E-state index contributed by atoms with van der Waals surface area (Å²) < 4.78 is 77.4. The molecular weight excluding hydrogens is 354 g/mol. The number of fused-ring (bicyclic) bond motifs is 1. The van der Waals surface area contributed by atoms with Gasteiger partial charge in [-0.3, -0.25) is 9.59 Å². The van der Waals surface area contributed by atoms with Crippen LogP contribution >= 0.6 is 0 Å². The van der Waals surface area contributed by atoms with Crippen molar-refractivity contribution in [2.24, 2.45) is 0 Å². The zero-order chi connectivity index (χ0) is 17.8. The fraction of sp³-hybridized carbons (Fsp3) is 0. The molecule has 0 atom stereocenters. The molecule has 0 fully saturated rings. The van der Waals surface area contributed by atoms with Crippen molar-refractivity contribution in [3.63, 3.8) is 0 Å². The molecule has 0 unspecified atom stereocenters. The molecule has 0 radical (unpaired) electrons. The molecule has 1 aliphatic rings. The molecule has 10 heteroatoms. The quantitative estimate of drug-likeness (QED) is 0.339. The molecule has 0 spiro atoms. The van der Waals surface area contributed by atoms with E-state index in [1.807, 2.05) is 0 Å². The van der Waals surface area contributed by atoms with Crippen molar-refractivity contribution in [3.8, 4) is 0 Å². The number of imide groups is 1. The van der Waals surface area contributed by atoms with E-state index in [0.717, 1.165) is 12.1 Å². The number of rotatable bonds is 1. The SMILES string of the molecule is O=C1c2ccccc2S(=O)(=O)N1C(=O)c1cc(F)c(F)c(F)c1F. The van der Waals surface area contributed by atoms with Crippen molar-refractivity contribution < 1.29 is 35.6 Å². The minimum atomic E-state index is -4.67. The van der Waals surface area contributed by atoms with E-state index in [-0.39, 0.29) is 15.9 Å². The highest BCUT2D eigenvalue weighted by Crippen LogP contribution is 2.32. The normalized spacial score (nSPS) is 15.5. The van der Waals surface area contributed by atoms with E-state index in [2.05, 4.69) is 0 Å². The number of sulfonamides is 1. The number of hydrogen-bond acceptors (Lipinski definition) is 4. The van der Waals surface area contributed by atoms with Gasteiger partial charge in [-0.2, -0.15) is 4.31 Å². The lowest BCUT2D eigenvalue weighted by Gasteiger charge is -2.14. The molecule has 0 aliphatic carbocycles. The van der Waals surface area contributed by atoms with Crippen molar-refractivity contribution in [1.82, 2.24) is 4.31 Å². The minimum Gasteiger partial charge on any atom is -0.267 e. The summed E-state index contributed by atoms with van der Waals surface area (Å²) in [6.07, 6.45) is 0. The number of nitrogens with zero attached hydrogens (tertiary/aromatic N) is 1. The van der Waals surface area contributed by atoms with Crippen LogP contribution in [0.15, 0.2) is 35.2 Å². The Labute approximate surface area is 132 Å². The van der Waals surface area contributed by atoms with Gasteiger partial charge in [-0.25, -0.2) is 26.0 Å². The number of benzene rings is 2. The molecular formula is C14H5F4NO4S. The molecule has 0 N–H and O–H groups in total. The number of carbonyl (C=O) groups is 2. The molecule has 2 amide bonds. The predicted molar refractivity (Wildman–Crippen MR) is 70.4 cm³/mol. The summed E-state index contributed by atoms with van der Waals surface area (Å²) in [4.78, 5) is 23.8. The van der Waals surface area contributed by atoms with Crippen LogP contribution in [0, 0.1) is 23.3 Å². The lowest BCUT2D eigenvalue weighted by atomic mass is 10.1. The van der Waals surface area contributed by atoms with Gasteiger partial charge >= 0.3 is 0 Å². The highest BCUT2D eigenvalue weighted by atomic mass is 32.2. The maximum atomic E-state index is 13.7. The average Bonchev–Trinajstić information content (AvgIpc) is 2.75. The highest BCUT2D eigenvalue weighted by molar-refractivity contribution is 7.90. The van der Waals surface area contributed by atoms with Crippen LogP contribution in [0.1, 0.15) is 20.7 Å². The highest BCUT2D eigenvalue weighted by Gasteiger charge is 2.46. The first kappa shape index (κ1) is 16.1. The minimum absolute atomic E-state index is 0.0120. The molecule has 0 bridgehead atoms. The predicted octanol–water partition coefficient (Wildman–Crippen LogP) is 2.23. The van der Waals surface area contributed by atoms with Crippen molar-refractivity contribution in [2.75, 3.05) is 0 Å². The fourth-order valence-electron chi connectivity index (χ4n) is 2.22. The van der Waals surface area contributed by atoms with Crippen LogP contribution in [-0.4, -0.2) is 24.5 Å². The van der Waals surface area contributed by atoms with E-state index in [1.54, 1.807) is 0 Å². The standard InChI is InChI=1S/C14H5F4NO4S/c15-8-5-7(10(16)12(18)11(8)17)14(21)19-13(20)6-3-1-2-4-9(6)24(19,22)23/h1-5H. The average molecular weight is 359 g/mol. The Hall–Kier alpha value is -2.75. The number of carbonyl (C=O) groups excluding carboxylic acids is 2. The van der Waals surface area contributed by atoms with Crippen LogP contribution in [0.3, 0.4) is 0 Å². The third-order valence-electron chi connectivity index (χ3n) is 3.34. The van der Waals surface area contributed by atoms with Crippen molar-refractivity contribution in [1.29, 1.82) is 0 Å². The largest absolute Gasteiger partial charge is 0.278 e. The molecule has 1 aliphatic heterocycles. The third kappa shape index (κ3) is 2.03. The maximum absolute atomic E-state index is 13.7. The molecule has 24 heavy (non-hydrogen) atoms. The Balaban J connectivity index is 2.19. The molecule has 2 aromatic rings. The van der Waals surface area contributed by atoms with Gasteiger partial charge in [0.05, 0.1) is 11.1 Å². The maximum Gasteiger partial charge on any atom is 0.278 e. The second kappa shape index (κ2) is 5.13. The van der Waals surface area contributed by atoms with E-state index in [1.165, 1.54) is 12.1 Å². The van der Waals surface area contributed by atoms with E-state index < -0.39 is 55.6 Å². The lowest BCUT2D eigenvalue weighted by molar-refractivity contribution is 0.0736. The van der Waals surface area contributed by atoms with E-state index >= 15 is 0 Å². The van der Waals surface area contributed by atoms with Crippen molar-refractivity contribution >= 4 is 21.8 Å². The Morgan fingerprint density at radius 2 is 1.58 bits per heavy atom. The van der Waals surface area contributed by atoms with Gasteiger partial charge in [-0.15, -0.1) is 0 Å². The van der Waals surface area contributed by atoms with Crippen LogP contribution in [0.2, 0.25) is 0 Å². The van der Waals surface area contributed by atoms with E-state index in [4.69, 9.17) is 0 Å². The topological polar surface area (TPSA) is 71.5 Å². The summed E-state index contributed by atoms with van der Waals surface area (Å²) in [5.74, 6) is -11.6. The zero-order valence-corrected chi connectivity index (χ0v) is 12.2. The molecule has 2 aromatic carbocycles. The Kier molecular flexibility index (Phi) is 3.44. The first-order valence-electron chi connectivity index (χ1n) is 6.24. The van der Waals surface area contributed by atoms with Crippen LogP contribution in [-0.2, 0) is 10.0 Å². The van der Waals surface area contributed by atoms with Gasteiger partial charge < -0.3 is 0 Å². The zero-order valence-electron chi connectivity index (χ0n) is 11.4. The van der Waals surface area contributed by atoms with Crippen molar-refractivity contribution in [3.05, 3.63) is 64.7 Å². The number of halogens is 4. The molecule has 3 rings (SSSR count). The van der Waals surface area contributed by atoms with Gasteiger partial charge in [-0.1, -0.05) is 12.1 Å². The molecule has 0 aromatic heterocycles. The second-order valence-corrected chi connectivity index (χ2v) is 6.48. The van der Waals surface area contributed by atoms with Gasteiger partial charge in [-0.05, 0) is 18.2 Å². The van der Waals surface area contributed by atoms with Crippen LogP contribution < -0.4 is 0 Å². The first-order valence-corrected chi connectivity index (χ1v) is 7.68. The van der Waals surface area contributed by atoms with Gasteiger partial charge in [0.2, 0.25) is 0 Å². The second-order valence-electron chi connectivity index (χ2n) is 4.72. The van der Waals surface area contributed by atoms with Crippen LogP contribution in [0.25, 0.3) is 0 Å².